The Bertz CT molecular complexity index is 1160. The van der Waals surface area contributed by atoms with Crippen molar-refractivity contribution < 1.29 is 18.9 Å². The van der Waals surface area contributed by atoms with Gasteiger partial charge in [-0.15, -0.1) is 0 Å². The van der Waals surface area contributed by atoms with Crippen LogP contribution in [0.5, 0.6) is 0 Å². The first kappa shape index (κ1) is 26.5. The van der Waals surface area contributed by atoms with Crippen molar-refractivity contribution in [1.29, 1.82) is 0 Å². The number of fused-ring (bicyclic) bond motifs is 1. The molecule has 3 aromatic rings. The third kappa shape index (κ3) is 6.13. The first-order valence-electron chi connectivity index (χ1n) is 13.2. The molecule has 2 saturated heterocycles. The second-order valence-corrected chi connectivity index (χ2v) is 12.3. The fourth-order valence-electron chi connectivity index (χ4n) is 5.01. The summed E-state index contributed by atoms with van der Waals surface area (Å²) in [7, 11) is 0. The molecule has 0 bridgehead atoms. The van der Waals surface area contributed by atoms with E-state index in [1.54, 1.807) is 11.8 Å². The molecule has 3 unspecified atom stereocenters. The third-order valence-corrected chi connectivity index (χ3v) is 8.63. The van der Waals surface area contributed by atoms with Crippen LogP contribution >= 0.6 is 11.8 Å². The van der Waals surface area contributed by atoms with Crippen LogP contribution in [-0.4, -0.2) is 30.4 Å². The molecule has 2 aliphatic heterocycles. The summed E-state index contributed by atoms with van der Waals surface area (Å²) in [4.78, 5) is 1.23. The fraction of sp³-hybridized carbons (Fsp3) is 0.438. The van der Waals surface area contributed by atoms with Gasteiger partial charge < -0.3 is 18.9 Å². The number of hydrogen-bond acceptors (Lipinski definition) is 5. The van der Waals surface area contributed by atoms with Gasteiger partial charge in [0.1, 0.15) is 11.5 Å². The largest absolute Gasteiger partial charge is 0.370 e. The van der Waals surface area contributed by atoms with Crippen LogP contribution in [0, 0.1) is 12.8 Å². The molecule has 0 radical (unpaired) electrons. The Kier molecular flexibility index (Phi) is 8.08. The zero-order chi connectivity index (χ0) is 26.0. The van der Waals surface area contributed by atoms with E-state index >= 15 is 0 Å². The minimum absolute atomic E-state index is 0.0789. The quantitative estimate of drug-likeness (QED) is 0.339. The van der Waals surface area contributed by atoms with Crippen LogP contribution in [0.15, 0.2) is 83.8 Å². The Morgan fingerprint density at radius 2 is 1.62 bits per heavy atom. The number of hydrogen-bond donors (Lipinski definition) is 0. The van der Waals surface area contributed by atoms with Crippen LogP contribution in [0.3, 0.4) is 0 Å². The minimum atomic E-state index is -0.391. The van der Waals surface area contributed by atoms with E-state index in [-0.39, 0.29) is 35.1 Å². The lowest BCUT2D eigenvalue weighted by Crippen LogP contribution is -2.57. The van der Waals surface area contributed by atoms with Crippen LogP contribution in [-0.2, 0) is 31.0 Å². The van der Waals surface area contributed by atoms with Gasteiger partial charge in [0.15, 0.2) is 6.29 Å². The monoisotopic (exact) mass is 518 g/mol. The lowest BCUT2D eigenvalue weighted by atomic mass is 9.87. The van der Waals surface area contributed by atoms with Gasteiger partial charge in [0, 0.05) is 16.4 Å². The molecule has 0 N–H and O–H groups in total. The Labute approximate surface area is 225 Å². The predicted molar refractivity (Wildman–Crippen MR) is 149 cm³/mol. The molecule has 5 heteroatoms. The number of thioether (sulfide) groups is 1. The molecule has 0 spiro atoms. The highest BCUT2D eigenvalue weighted by atomic mass is 32.2. The van der Waals surface area contributed by atoms with E-state index in [0.29, 0.717) is 13.2 Å². The number of aryl methyl sites for hydroxylation is 1. The molecule has 4 nitrogen and oxygen atoms in total. The van der Waals surface area contributed by atoms with E-state index in [1.165, 1.54) is 16.0 Å². The maximum Gasteiger partial charge on any atom is 0.184 e. The summed E-state index contributed by atoms with van der Waals surface area (Å²) < 4.78 is 26.0. The highest BCUT2D eigenvalue weighted by Gasteiger charge is 2.49. The lowest BCUT2D eigenvalue weighted by Gasteiger charge is -2.48. The SMILES string of the molecule is Cc1ccc(C(C)(C)C)cc1S[C@@H]1OC2COC(c3ccccc3)O[C@H]2[C@H](C)C1OCc1ccccc1. The van der Waals surface area contributed by atoms with Gasteiger partial charge in [0.05, 0.1) is 25.4 Å². The van der Waals surface area contributed by atoms with E-state index in [0.717, 1.165) is 11.1 Å². The van der Waals surface area contributed by atoms with E-state index in [4.69, 9.17) is 18.9 Å². The van der Waals surface area contributed by atoms with Gasteiger partial charge in [-0.3, -0.25) is 0 Å². The van der Waals surface area contributed by atoms with Gasteiger partial charge in [0.2, 0.25) is 0 Å². The Hall–Kier alpha value is -2.15. The smallest absolute Gasteiger partial charge is 0.184 e. The predicted octanol–water partition coefficient (Wildman–Crippen LogP) is 7.45. The van der Waals surface area contributed by atoms with Crippen LogP contribution in [0.25, 0.3) is 0 Å². The van der Waals surface area contributed by atoms with E-state index in [9.17, 15) is 0 Å². The van der Waals surface area contributed by atoms with Gasteiger partial charge in [-0.1, -0.05) is 112 Å². The average molecular weight is 519 g/mol. The summed E-state index contributed by atoms with van der Waals surface area (Å²) in [6.07, 6.45) is -0.786. The summed E-state index contributed by atoms with van der Waals surface area (Å²) in [5.41, 5.74) is 4.66. The number of rotatable bonds is 6. The maximum atomic E-state index is 6.72. The summed E-state index contributed by atoms with van der Waals surface area (Å²) in [6, 6.07) is 27.2. The van der Waals surface area contributed by atoms with Crippen LogP contribution in [0.1, 0.15) is 56.2 Å². The van der Waals surface area contributed by atoms with Crippen LogP contribution in [0.2, 0.25) is 0 Å². The van der Waals surface area contributed by atoms with Crippen LogP contribution in [0.4, 0.5) is 0 Å². The Morgan fingerprint density at radius 3 is 2.32 bits per heavy atom. The van der Waals surface area contributed by atoms with E-state index in [1.807, 2.05) is 36.4 Å². The molecule has 0 amide bonds. The van der Waals surface area contributed by atoms with Crippen molar-refractivity contribution in [3.63, 3.8) is 0 Å². The van der Waals surface area contributed by atoms with Gasteiger partial charge in [-0.05, 0) is 35.1 Å². The van der Waals surface area contributed by atoms with Crippen molar-refractivity contribution in [2.24, 2.45) is 5.92 Å². The van der Waals surface area contributed by atoms with E-state index < -0.39 is 6.29 Å². The lowest BCUT2D eigenvalue weighted by molar-refractivity contribution is -0.311. The first-order valence-corrected chi connectivity index (χ1v) is 14.1. The molecule has 2 heterocycles. The molecule has 6 atom stereocenters. The molecule has 5 rings (SSSR count). The third-order valence-electron chi connectivity index (χ3n) is 7.33. The molecule has 0 saturated carbocycles. The highest BCUT2D eigenvalue weighted by Crippen LogP contribution is 2.43. The normalized spacial score (nSPS) is 28.0. The molecule has 0 aliphatic carbocycles. The number of benzene rings is 3. The van der Waals surface area contributed by atoms with Crippen molar-refractivity contribution >= 4 is 11.8 Å². The molecular weight excluding hydrogens is 480 g/mol. The molecule has 0 aromatic heterocycles. The second kappa shape index (κ2) is 11.3. The standard InChI is InChI=1S/C32H38O4S/c1-21-16-17-25(32(3,4)5)18-27(21)37-31-29(33-19-23-12-8-6-9-13-23)22(2)28-26(35-31)20-34-30(36-28)24-14-10-7-11-15-24/h6-18,22,26,28-31H,19-20H2,1-5H3/t22-,26?,28-,29?,30?,31-/m0/s1. The maximum absolute atomic E-state index is 6.72. The molecular formula is C32H38O4S. The van der Waals surface area contributed by atoms with E-state index in [2.05, 4.69) is 77.1 Å². The van der Waals surface area contributed by atoms with Crippen molar-refractivity contribution in [3.05, 3.63) is 101 Å². The zero-order valence-electron chi connectivity index (χ0n) is 22.4. The molecule has 2 fully saturated rings. The Morgan fingerprint density at radius 1 is 0.919 bits per heavy atom. The van der Waals surface area contributed by atoms with Crippen LogP contribution < -0.4 is 0 Å². The van der Waals surface area contributed by atoms with Crippen molar-refractivity contribution in [2.45, 2.75) is 81.6 Å². The summed E-state index contributed by atoms with van der Waals surface area (Å²) in [5.74, 6) is 0.126. The van der Waals surface area contributed by atoms with Crippen molar-refractivity contribution in [3.8, 4) is 0 Å². The first-order chi connectivity index (χ1) is 17.8. The summed E-state index contributed by atoms with van der Waals surface area (Å²) in [6.45, 7) is 12.2. The Balaban J connectivity index is 1.39. The van der Waals surface area contributed by atoms with Gasteiger partial charge >= 0.3 is 0 Å². The van der Waals surface area contributed by atoms with Gasteiger partial charge in [-0.25, -0.2) is 0 Å². The van der Waals surface area contributed by atoms with Gasteiger partial charge in [0.25, 0.3) is 0 Å². The average Bonchev–Trinajstić information content (AvgIpc) is 2.90. The molecule has 3 aromatic carbocycles. The van der Waals surface area contributed by atoms with Crippen molar-refractivity contribution in [2.75, 3.05) is 6.61 Å². The minimum Gasteiger partial charge on any atom is -0.370 e. The summed E-state index contributed by atoms with van der Waals surface area (Å²) >= 11 is 1.76. The highest BCUT2D eigenvalue weighted by molar-refractivity contribution is 7.99. The molecule has 2 aliphatic rings. The molecule has 37 heavy (non-hydrogen) atoms. The van der Waals surface area contributed by atoms with Gasteiger partial charge in [-0.2, -0.15) is 0 Å². The molecule has 196 valence electrons. The second-order valence-electron chi connectivity index (χ2n) is 11.2. The zero-order valence-corrected chi connectivity index (χ0v) is 23.2. The topological polar surface area (TPSA) is 36.9 Å². The summed E-state index contributed by atoms with van der Waals surface area (Å²) in [5, 5.41) is 0. The van der Waals surface area contributed by atoms with Crippen molar-refractivity contribution in [1.82, 2.24) is 0 Å². The fourth-order valence-corrected chi connectivity index (χ4v) is 6.36. The number of ether oxygens (including phenoxy) is 4.